The van der Waals surface area contributed by atoms with Crippen molar-refractivity contribution in [2.75, 3.05) is 20.3 Å². The lowest BCUT2D eigenvalue weighted by molar-refractivity contribution is 0.0584. The molecule has 1 N–H and O–H groups in total. The molecule has 0 spiro atoms. The molecule has 0 unspecified atom stereocenters. The summed E-state index contributed by atoms with van der Waals surface area (Å²) in [5.41, 5.74) is 0.616. The van der Waals surface area contributed by atoms with Gasteiger partial charge >= 0.3 is 0 Å². The van der Waals surface area contributed by atoms with Gasteiger partial charge in [-0.3, -0.25) is 4.79 Å². The first-order chi connectivity index (χ1) is 8.63. The Bertz CT molecular complexity index is 375. The molecule has 1 heterocycles. The van der Waals surface area contributed by atoms with Crippen LogP contribution in [-0.2, 0) is 4.74 Å². The van der Waals surface area contributed by atoms with Gasteiger partial charge in [0.2, 0.25) is 0 Å². The van der Waals surface area contributed by atoms with Gasteiger partial charge in [0, 0.05) is 30.4 Å². The first-order valence-corrected chi connectivity index (χ1v) is 7.07. The van der Waals surface area contributed by atoms with Crippen molar-refractivity contribution in [2.45, 2.75) is 32.7 Å². The molecule has 1 aromatic heterocycles. The van der Waals surface area contributed by atoms with E-state index in [2.05, 4.69) is 34.8 Å². The lowest BCUT2D eigenvalue weighted by atomic mass is 10.1. The largest absolute Gasteiger partial charge is 0.383 e. The minimum atomic E-state index is 0.0338. The molecule has 5 heteroatoms. The topological polar surface area (TPSA) is 45.3 Å². The van der Waals surface area contributed by atoms with Crippen LogP contribution in [0.4, 0.5) is 0 Å². The average molecular weight is 317 g/mol. The molecule has 0 radical (unpaired) electrons. The Kier molecular flexibility index (Phi) is 6.43. The van der Waals surface area contributed by atoms with Crippen molar-refractivity contribution in [3.63, 3.8) is 0 Å². The SMILES string of the molecule is CCC(CC)N(CCOC)C(=O)c1cc(Br)c[nH]1. The molecule has 1 rings (SSSR count). The van der Waals surface area contributed by atoms with Crippen LogP contribution < -0.4 is 0 Å². The minimum Gasteiger partial charge on any atom is -0.383 e. The second-order valence-electron chi connectivity index (χ2n) is 4.19. The summed E-state index contributed by atoms with van der Waals surface area (Å²) >= 11 is 3.35. The van der Waals surface area contributed by atoms with Gasteiger partial charge in [-0.1, -0.05) is 13.8 Å². The van der Waals surface area contributed by atoms with E-state index < -0.39 is 0 Å². The molecule has 0 bridgehead atoms. The fourth-order valence-corrected chi connectivity index (χ4v) is 2.36. The van der Waals surface area contributed by atoms with Gasteiger partial charge in [-0.05, 0) is 34.8 Å². The summed E-state index contributed by atoms with van der Waals surface area (Å²) in [6.45, 7) is 5.39. The molecule has 1 aromatic rings. The standard InChI is InChI=1S/C13H21BrN2O2/c1-4-11(5-2)16(6-7-18-3)13(17)12-8-10(14)9-15-12/h8-9,11,15H,4-7H2,1-3H3. The number of H-pyrrole nitrogens is 1. The quantitative estimate of drug-likeness (QED) is 0.840. The third kappa shape index (κ3) is 3.85. The highest BCUT2D eigenvalue weighted by Crippen LogP contribution is 2.16. The van der Waals surface area contributed by atoms with Crippen molar-refractivity contribution in [2.24, 2.45) is 0 Å². The molecule has 0 atom stereocenters. The summed E-state index contributed by atoms with van der Waals surface area (Å²) in [5.74, 6) is 0.0338. The number of amides is 1. The molecule has 0 saturated carbocycles. The Morgan fingerprint density at radius 1 is 1.50 bits per heavy atom. The van der Waals surface area contributed by atoms with Crippen molar-refractivity contribution in [3.05, 3.63) is 22.4 Å². The van der Waals surface area contributed by atoms with Gasteiger partial charge in [0.05, 0.1) is 6.61 Å². The van der Waals surface area contributed by atoms with Crippen LogP contribution in [0.5, 0.6) is 0 Å². The van der Waals surface area contributed by atoms with Crippen molar-refractivity contribution >= 4 is 21.8 Å². The molecule has 0 saturated heterocycles. The monoisotopic (exact) mass is 316 g/mol. The van der Waals surface area contributed by atoms with E-state index in [0.29, 0.717) is 18.8 Å². The highest BCUT2D eigenvalue weighted by Gasteiger charge is 2.22. The van der Waals surface area contributed by atoms with Gasteiger partial charge in [0.1, 0.15) is 5.69 Å². The van der Waals surface area contributed by atoms with Crippen LogP contribution in [0.3, 0.4) is 0 Å². The Morgan fingerprint density at radius 2 is 2.17 bits per heavy atom. The number of carbonyl (C=O) groups excluding carboxylic acids is 1. The Balaban J connectivity index is 2.84. The molecule has 0 aliphatic rings. The first kappa shape index (κ1) is 15.2. The van der Waals surface area contributed by atoms with Crippen LogP contribution in [0.2, 0.25) is 0 Å². The van der Waals surface area contributed by atoms with E-state index in [1.807, 2.05) is 11.0 Å². The number of hydrogen-bond acceptors (Lipinski definition) is 2. The molecular weight excluding hydrogens is 296 g/mol. The third-order valence-electron chi connectivity index (χ3n) is 3.06. The summed E-state index contributed by atoms with van der Waals surface area (Å²) in [6, 6.07) is 2.07. The smallest absolute Gasteiger partial charge is 0.270 e. The summed E-state index contributed by atoms with van der Waals surface area (Å²) in [4.78, 5) is 17.3. The van der Waals surface area contributed by atoms with Crippen LogP contribution in [0.15, 0.2) is 16.7 Å². The fraction of sp³-hybridized carbons (Fsp3) is 0.615. The molecular formula is C13H21BrN2O2. The van der Waals surface area contributed by atoms with Gasteiger partial charge in [0.15, 0.2) is 0 Å². The van der Waals surface area contributed by atoms with Crippen molar-refractivity contribution in [1.29, 1.82) is 0 Å². The van der Waals surface area contributed by atoms with Crippen molar-refractivity contribution < 1.29 is 9.53 Å². The molecule has 1 amide bonds. The minimum absolute atomic E-state index is 0.0338. The van der Waals surface area contributed by atoms with E-state index in [1.54, 1.807) is 13.3 Å². The number of ether oxygens (including phenoxy) is 1. The number of nitrogens with one attached hydrogen (secondary N) is 1. The maximum atomic E-state index is 12.4. The summed E-state index contributed by atoms with van der Waals surface area (Å²) in [5, 5.41) is 0. The second-order valence-corrected chi connectivity index (χ2v) is 5.11. The number of hydrogen-bond donors (Lipinski definition) is 1. The van der Waals surface area contributed by atoms with E-state index >= 15 is 0 Å². The molecule has 0 fully saturated rings. The van der Waals surface area contributed by atoms with E-state index in [0.717, 1.165) is 17.3 Å². The zero-order valence-corrected chi connectivity index (χ0v) is 12.8. The average Bonchev–Trinajstić information content (AvgIpc) is 2.80. The highest BCUT2D eigenvalue weighted by atomic mass is 79.9. The van der Waals surface area contributed by atoms with Gasteiger partial charge in [0.25, 0.3) is 5.91 Å². The number of methoxy groups -OCH3 is 1. The van der Waals surface area contributed by atoms with E-state index in [4.69, 9.17) is 4.74 Å². The number of nitrogens with zero attached hydrogens (tertiary/aromatic N) is 1. The molecule has 18 heavy (non-hydrogen) atoms. The van der Waals surface area contributed by atoms with Crippen molar-refractivity contribution in [3.8, 4) is 0 Å². The molecule has 0 aromatic carbocycles. The summed E-state index contributed by atoms with van der Waals surface area (Å²) in [7, 11) is 1.65. The van der Waals surface area contributed by atoms with Crippen molar-refractivity contribution in [1.82, 2.24) is 9.88 Å². The number of halogens is 1. The molecule has 0 aliphatic carbocycles. The molecule has 0 aliphatic heterocycles. The summed E-state index contributed by atoms with van der Waals surface area (Å²) in [6.07, 6.45) is 3.68. The predicted octanol–water partition coefficient (Wildman–Crippen LogP) is 3.05. The Hall–Kier alpha value is -0.810. The van der Waals surface area contributed by atoms with Crippen LogP contribution in [-0.4, -0.2) is 42.1 Å². The second kappa shape index (κ2) is 7.59. The zero-order chi connectivity index (χ0) is 13.5. The van der Waals surface area contributed by atoms with Crippen LogP contribution >= 0.6 is 15.9 Å². The molecule has 102 valence electrons. The lowest BCUT2D eigenvalue weighted by Gasteiger charge is -2.30. The molecule has 4 nitrogen and oxygen atoms in total. The van der Waals surface area contributed by atoms with Crippen LogP contribution in [0.25, 0.3) is 0 Å². The number of carbonyl (C=O) groups is 1. The van der Waals surface area contributed by atoms with Crippen LogP contribution in [0, 0.1) is 0 Å². The fourth-order valence-electron chi connectivity index (χ4n) is 2.02. The van der Waals surface area contributed by atoms with Gasteiger partial charge in [-0.2, -0.15) is 0 Å². The first-order valence-electron chi connectivity index (χ1n) is 6.27. The van der Waals surface area contributed by atoms with Gasteiger partial charge in [-0.15, -0.1) is 0 Å². The van der Waals surface area contributed by atoms with E-state index in [9.17, 15) is 4.79 Å². The highest BCUT2D eigenvalue weighted by molar-refractivity contribution is 9.10. The number of aromatic amines is 1. The zero-order valence-electron chi connectivity index (χ0n) is 11.2. The predicted molar refractivity (Wildman–Crippen MR) is 75.8 cm³/mol. The normalized spacial score (nSPS) is 10.9. The maximum absolute atomic E-state index is 12.4. The Morgan fingerprint density at radius 3 is 2.61 bits per heavy atom. The van der Waals surface area contributed by atoms with Gasteiger partial charge < -0.3 is 14.6 Å². The van der Waals surface area contributed by atoms with Gasteiger partial charge in [-0.25, -0.2) is 0 Å². The summed E-state index contributed by atoms with van der Waals surface area (Å²) < 4.78 is 5.98. The number of aromatic nitrogens is 1. The van der Waals surface area contributed by atoms with E-state index in [1.165, 1.54) is 0 Å². The lowest BCUT2D eigenvalue weighted by Crippen LogP contribution is -2.42. The maximum Gasteiger partial charge on any atom is 0.270 e. The Labute approximate surface area is 117 Å². The van der Waals surface area contributed by atoms with E-state index in [-0.39, 0.29) is 11.9 Å². The third-order valence-corrected chi connectivity index (χ3v) is 3.52. The van der Waals surface area contributed by atoms with Crippen LogP contribution in [0.1, 0.15) is 37.2 Å². The number of rotatable bonds is 7.